The van der Waals surface area contributed by atoms with Gasteiger partial charge in [-0.05, 0) is 28.7 Å². The lowest BCUT2D eigenvalue weighted by Gasteiger charge is -2.57. The van der Waals surface area contributed by atoms with Gasteiger partial charge in [0.1, 0.15) is 0 Å². The molecule has 6 nitrogen and oxygen atoms in total. The molecule has 1 aliphatic carbocycles. The van der Waals surface area contributed by atoms with E-state index in [1.807, 2.05) is 7.05 Å². The predicted molar refractivity (Wildman–Crippen MR) is 61.2 cm³/mol. The number of nitrogens with zero attached hydrogens (tertiary/aromatic N) is 4. The normalized spacial score (nSPS) is 30.2. The summed E-state index contributed by atoms with van der Waals surface area (Å²) in [5, 5.41) is 15.3. The summed E-state index contributed by atoms with van der Waals surface area (Å²) in [6.07, 6.45) is 2.12. The fourth-order valence-electron chi connectivity index (χ4n) is 3.41. The quantitative estimate of drug-likeness (QED) is 0.767. The van der Waals surface area contributed by atoms with E-state index in [9.17, 15) is 0 Å². The first-order valence-corrected chi connectivity index (χ1v) is 6.12. The van der Waals surface area contributed by atoms with E-state index in [1.54, 1.807) is 4.68 Å². The van der Waals surface area contributed by atoms with Crippen LogP contribution in [0.2, 0.25) is 0 Å². The average Bonchev–Trinajstić information content (AvgIpc) is 2.62. The molecule has 6 heteroatoms. The third kappa shape index (κ3) is 1.66. The van der Waals surface area contributed by atoms with E-state index in [0.717, 1.165) is 31.8 Å². The molecule has 0 aromatic carbocycles. The fraction of sp³-hybridized carbons (Fsp3) is 0.909. The van der Waals surface area contributed by atoms with Crippen molar-refractivity contribution in [3.8, 4) is 0 Å². The Morgan fingerprint density at radius 1 is 1.41 bits per heavy atom. The number of nitrogens with one attached hydrogen (secondary N) is 1. The standard InChI is InChI=1S/C11H19N5O/c1-10(2)6-11(7-10)8(12-4-5-17-11)9-13-14-15-16(9)3/h8,12H,4-7H2,1-3H3. The monoisotopic (exact) mass is 237 g/mol. The highest BCUT2D eigenvalue weighted by molar-refractivity contribution is 5.14. The van der Waals surface area contributed by atoms with Crippen LogP contribution in [-0.4, -0.2) is 39.0 Å². The fourth-order valence-corrected chi connectivity index (χ4v) is 3.41. The zero-order chi connectivity index (χ0) is 12.1. The van der Waals surface area contributed by atoms with Crippen LogP contribution in [-0.2, 0) is 11.8 Å². The molecule has 1 aliphatic heterocycles. The van der Waals surface area contributed by atoms with Crippen molar-refractivity contribution < 1.29 is 4.74 Å². The Balaban J connectivity index is 1.90. The summed E-state index contributed by atoms with van der Waals surface area (Å²) in [5.74, 6) is 0.875. The topological polar surface area (TPSA) is 64.9 Å². The second-order valence-electron chi connectivity index (χ2n) is 5.98. The molecular weight excluding hydrogens is 218 g/mol. The summed E-state index contributed by atoms with van der Waals surface area (Å²) in [4.78, 5) is 0. The summed E-state index contributed by atoms with van der Waals surface area (Å²) >= 11 is 0. The van der Waals surface area contributed by atoms with Gasteiger partial charge in [-0.15, -0.1) is 5.10 Å². The van der Waals surface area contributed by atoms with Crippen molar-refractivity contribution in [2.45, 2.75) is 38.3 Å². The molecule has 17 heavy (non-hydrogen) atoms. The molecule has 1 unspecified atom stereocenters. The van der Waals surface area contributed by atoms with Gasteiger partial charge in [0.15, 0.2) is 5.82 Å². The number of tetrazole rings is 1. The second-order valence-corrected chi connectivity index (χ2v) is 5.98. The maximum Gasteiger partial charge on any atom is 0.170 e. The van der Waals surface area contributed by atoms with Gasteiger partial charge in [0, 0.05) is 13.6 Å². The highest BCUT2D eigenvalue weighted by atomic mass is 16.5. The molecule has 3 rings (SSSR count). The van der Waals surface area contributed by atoms with Gasteiger partial charge in [0.05, 0.1) is 18.2 Å². The highest BCUT2D eigenvalue weighted by Gasteiger charge is 2.57. The van der Waals surface area contributed by atoms with Crippen LogP contribution >= 0.6 is 0 Å². The largest absolute Gasteiger partial charge is 0.372 e. The van der Waals surface area contributed by atoms with Crippen molar-refractivity contribution in [1.82, 2.24) is 25.5 Å². The van der Waals surface area contributed by atoms with E-state index in [2.05, 4.69) is 34.7 Å². The molecule has 2 aliphatic rings. The van der Waals surface area contributed by atoms with E-state index in [-0.39, 0.29) is 11.6 Å². The zero-order valence-corrected chi connectivity index (χ0v) is 10.6. The van der Waals surface area contributed by atoms with Crippen molar-refractivity contribution in [2.75, 3.05) is 13.2 Å². The van der Waals surface area contributed by atoms with Gasteiger partial charge >= 0.3 is 0 Å². The molecule has 1 atom stereocenters. The molecule has 2 heterocycles. The van der Waals surface area contributed by atoms with Gasteiger partial charge in [-0.25, -0.2) is 4.68 Å². The molecule has 0 radical (unpaired) electrons. The van der Waals surface area contributed by atoms with E-state index < -0.39 is 0 Å². The highest BCUT2D eigenvalue weighted by Crippen LogP contribution is 2.56. The Labute approximate surface area is 101 Å². The van der Waals surface area contributed by atoms with E-state index in [0.29, 0.717) is 5.41 Å². The molecule has 1 saturated carbocycles. The van der Waals surface area contributed by atoms with Gasteiger partial charge in [-0.2, -0.15) is 0 Å². The van der Waals surface area contributed by atoms with E-state index in [1.165, 1.54) is 0 Å². The third-order valence-electron chi connectivity index (χ3n) is 3.83. The van der Waals surface area contributed by atoms with Crippen molar-refractivity contribution in [1.29, 1.82) is 0 Å². The van der Waals surface area contributed by atoms with Crippen LogP contribution in [0.25, 0.3) is 0 Å². The number of aryl methyl sites for hydroxylation is 1. The number of hydrogen-bond acceptors (Lipinski definition) is 5. The smallest absolute Gasteiger partial charge is 0.170 e. The number of morpholine rings is 1. The van der Waals surface area contributed by atoms with Crippen molar-refractivity contribution in [2.24, 2.45) is 12.5 Å². The Morgan fingerprint density at radius 3 is 2.76 bits per heavy atom. The Kier molecular flexibility index (Phi) is 2.28. The van der Waals surface area contributed by atoms with E-state index >= 15 is 0 Å². The van der Waals surface area contributed by atoms with Crippen LogP contribution in [0.1, 0.15) is 38.6 Å². The van der Waals surface area contributed by atoms with E-state index in [4.69, 9.17) is 4.74 Å². The molecule has 0 amide bonds. The molecule has 1 N–H and O–H groups in total. The maximum atomic E-state index is 6.06. The summed E-state index contributed by atoms with van der Waals surface area (Å²) in [5.41, 5.74) is 0.257. The number of aromatic nitrogens is 4. The Hall–Kier alpha value is -1.01. The van der Waals surface area contributed by atoms with Crippen molar-refractivity contribution in [3.63, 3.8) is 0 Å². The number of rotatable bonds is 1. The molecule has 1 aromatic heterocycles. The summed E-state index contributed by atoms with van der Waals surface area (Å²) in [6.45, 7) is 6.20. The lowest BCUT2D eigenvalue weighted by atomic mass is 9.58. The SMILES string of the molecule is Cn1nnnc1C1NCCOC12CC(C)(C)C2. The first kappa shape index (κ1) is 11.1. The van der Waals surface area contributed by atoms with Gasteiger partial charge in [0.25, 0.3) is 0 Å². The number of ether oxygens (including phenoxy) is 1. The third-order valence-corrected chi connectivity index (χ3v) is 3.83. The van der Waals surface area contributed by atoms with Gasteiger partial charge in [-0.3, -0.25) is 0 Å². The number of hydrogen-bond donors (Lipinski definition) is 1. The van der Waals surface area contributed by atoms with Crippen LogP contribution in [0.3, 0.4) is 0 Å². The lowest BCUT2D eigenvalue weighted by molar-refractivity contribution is -0.197. The van der Waals surface area contributed by atoms with Gasteiger partial charge in [-0.1, -0.05) is 13.8 Å². The van der Waals surface area contributed by atoms with Crippen molar-refractivity contribution in [3.05, 3.63) is 5.82 Å². The zero-order valence-electron chi connectivity index (χ0n) is 10.6. The van der Waals surface area contributed by atoms with Crippen LogP contribution in [0, 0.1) is 5.41 Å². The Bertz CT molecular complexity index is 419. The minimum Gasteiger partial charge on any atom is -0.372 e. The lowest BCUT2D eigenvalue weighted by Crippen LogP contribution is -2.62. The second kappa shape index (κ2) is 3.49. The van der Waals surface area contributed by atoms with Crippen LogP contribution in [0.5, 0.6) is 0 Å². The summed E-state index contributed by atoms with van der Waals surface area (Å²) < 4.78 is 7.79. The molecule has 94 valence electrons. The molecule has 1 aromatic rings. The van der Waals surface area contributed by atoms with Crippen LogP contribution in [0.4, 0.5) is 0 Å². The summed E-state index contributed by atoms with van der Waals surface area (Å²) in [7, 11) is 1.88. The first-order chi connectivity index (χ1) is 8.03. The molecule has 0 bridgehead atoms. The molecular formula is C11H19N5O. The minimum atomic E-state index is -0.107. The van der Waals surface area contributed by atoms with Gasteiger partial charge in [0.2, 0.25) is 0 Å². The Morgan fingerprint density at radius 2 is 2.18 bits per heavy atom. The van der Waals surface area contributed by atoms with Crippen molar-refractivity contribution >= 4 is 0 Å². The molecule has 2 fully saturated rings. The molecule has 1 spiro atoms. The van der Waals surface area contributed by atoms with Crippen LogP contribution in [0.15, 0.2) is 0 Å². The maximum absolute atomic E-state index is 6.06. The first-order valence-electron chi connectivity index (χ1n) is 6.12. The van der Waals surface area contributed by atoms with Gasteiger partial charge < -0.3 is 10.1 Å². The summed E-state index contributed by atoms with van der Waals surface area (Å²) in [6, 6.07) is 0.115. The average molecular weight is 237 g/mol. The molecule has 1 saturated heterocycles. The van der Waals surface area contributed by atoms with Crippen LogP contribution < -0.4 is 5.32 Å². The predicted octanol–water partition coefficient (Wildman–Crippen LogP) is 0.430. The minimum absolute atomic E-state index is 0.107.